The minimum atomic E-state index is -0.885. The molecule has 1 fully saturated rings. The minimum absolute atomic E-state index is 0.156. The second-order valence-electron chi connectivity index (χ2n) is 6.47. The third-order valence-corrected chi connectivity index (χ3v) is 4.37. The average molecular weight is 342 g/mol. The molecule has 25 heavy (non-hydrogen) atoms. The Morgan fingerprint density at radius 2 is 1.60 bits per heavy atom. The zero-order valence-corrected chi connectivity index (χ0v) is 14.5. The molecule has 0 unspecified atom stereocenters. The monoisotopic (exact) mass is 342 g/mol. The van der Waals surface area contributed by atoms with Gasteiger partial charge in [-0.2, -0.15) is 0 Å². The van der Waals surface area contributed by atoms with Crippen molar-refractivity contribution in [2.75, 3.05) is 0 Å². The number of imide groups is 2. The first kappa shape index (κ1) is 16.9. The summed E-state index contributed by atoms with van der Waals surface area (Å²) in [4.78, 5) is 50.3. The minimum Gasteiger partial charge on any atom is -0.423 e. The van der Waals surface area contributed by atoms with Crippen molar-refractivity contribution in [1.82, 2.24) is 9.80 Å². The van der Waals surface area contributed by atoms with Gasteiger partial charge in [0.2, 0.25) is 0 Å². The van der Waals surface area contributed by atoms with Crippen LogP contribution in [0.15, 0.2) is 27.4 Å². The number of fused-ring (bicyclic) bond motifs is 1. The molecule has 0 saturated carbocycles. The third kappa shape index (κ3) is 2.71. The Bertz CT molecular complexity index is 973. The number of nitrogens with zero attached hydrogens (tertiary/aromatic N) is 2. The summed E-state index contributed by atoms with van der Waals surface area (Å²) in [5, 5.41) is 0.638. The largest absolute Gasteiger partial charge is 0.423 e. The van der Waals surface area contributed by atoms with E-state index < -0.39 is 29.5 Å². The predicted octanol–water partition coefficient (Wildman–Crippen LogP) is 2.11. The molecule has 1 aromatic carbocycles. The number of rotatable bonds is 3. The van der Waals surface area contributed by atoms with Gasteiger partial charge in [-0.1, -0.05) is 0 Å². The zero-order valence-electron chi connectivity index (χ0n) is 14.5. The van der Waals surface area contributed by atoms with Gasteiger partial charge in [0, 0.05) is 17.5 Å². The molecular weight excluding hydrogens is 324 g/mol. The molecule has 1 aliphatic heterocycles. The maximum atomic E-state index is 12.4. The SMILES string of the molecule is Cc1cc2oc(=O)cc(CN3C(=O)C(=O)N(C(C)C)C3=O)c2cc1C. The van der Waals surface area contributed by atoms with E-state index >= 15 is 0 Å². The van der Waals surface area contributed by atoms with Gasteiger partial charge in [0.05, 0.1) is 6.54 Å². The van der Waals surface area contributed by atoms with Crippen LogP contribution in [0.3, 0.4) is 0 Å². The molecule has 130 valence electrons. The van der Waals surface area contributed by atoms with Crippen molar-refractivity contribution < 1.29 is 18.8 Å². The van der Waals surface area contributed by atoms with Gasteiger partial charge in [-0.3, -0.25) is 19.4 Å². The van der Waals surface area contributed by atoms with Crippen LogP contribution in [-0.4, -0.2) is 33.7 Å². The molecule has 3 rings (SSSR count). The lowest BCUT2D eigenvalue weighted by Gasteiger charge is -2.19. The molecule has 0 radical (unpaired) electrons. The van der Waals surface area contributed by atoms with E-state index in [0.29, 0.717) is 16.5 Å². The number of urea groups is 1. The Hall–Kier alpha value is -2.96. The highest BCUT2D eigenvalue weighted by Gasteiger charge is 2.45. The lowest BCUT2D eigenvalue weighted by atomic mass is 10.0. The molecule has 1 saturated heterocycles. The number of carbonyl (C=O) groups excluding carboxylic acids is 3. The Labute approximate surface area is 143 Å². The Balaban J connectivity index is 2.08. The first-order valence-corrected chi connectivity index (χ1v) is 7.93. The summed E-state index contributed by atoms with van der Waals surface area (Å²) >= 11 is 0. The summed E-state index contributed by atoms with van der Waals surface area (Å²) in [5.41, 5.74) is 2.23. The summed E-state index contributed by atoms with van der Waals surface area (Å²) in [6, 6.07) is 3.75. The number of hydrogen-bond donors (Lipinski definition) is 0. The van der Waals surface area contributed by atoms with Crippen molar-refractivity contribution in [1.29, 1.82) is 0 Å². The molecule has 0 spiro atoms. The molecule has 1 aliphatic rings. The number of carbonyl (C=O) groups is 3. The maximum absolute atomic E-state index is 12.4. The van der Waals surface area contributed by atoms with E-state index in [9.17, 15) is 19.2 Å². The Morgan fingerprint density at radius 1 is 0.960 bits per heavy atom. The van der Waals surface area contributed by atoms with Gasteiger partial charge in [-0.05, 0) is 56.5 Å². The normalized spacial score (nSPS) is 15.2. The summed E-state index contributed by atoms with van der Waals surface area (Å²) in [7, 11) is 0. The van der Waals surface area contributed by atoms with Gasteiger partial charge in [0.15, 0.2) is 0 Å². The van der Waals surface area contributed by atoms with Crippen molar-refractivity contribution in [2.45, 2.75) is 40.3 Å². The van der Waals surface area contributed by atoms with Crippen LogP contribution in [0, 0.1) is 13.8 Å². The average Bonchev–Trinajstić information content (AvgIpc) is 2.72. The molecule has 4 amide bonds. The van der Waals surface area contributed by atoms with Gasteiger partial charge in [0.25, 0.3) is 0 Å². The van der Waals surface area contributed by atoms with Crippen molar-refractivity contribution in [3.63, 3.8) is 0 Å². The van der Waals surface area contributed by atoms with Crippen LogP contribution in [0.2, 0.25) is 0 Å². The highest BCUT2D eigenvalue weighted by atomic mass is 16.4. The van der Waals surface area contributed by atoms with Gasteiger partial charge >= 0.3 is 23.5 Å². The molecule has 0 N–H and O–H groups in total. The molecule has 1 aromatic heterocycles. The second-order valence-corrected chi connectivity index (χ2v) is 6.47. The molecule has 7 nitrogen and oxygen atoms in total. The van der Waals surface area contributed by atoms with E-state index in [0.717, 1.165) is 20.9 Å². The summed E-state index contributed by atoms with van der Waals surface area (Å²) in [6.45, 7) is 6.97. The van der Waals surface area contributed by atoms with Crippen molar-refractivity contribution in [3.8, 4) is 0 Å². The van der Waals surface area contributed by atoms with Crippen LogP contribution in [0.4, 0.5) is 4.79 Å². The molecule has 2 aromatic rings. The fourth-order valence-corrected chi connectivity index (χ4v) is 2.90. The topological polar surface area (TPSA) is 87.9 Å². The second kappa shape index (κ2) is 5.84. The first-order valence-electron chi connectivity index (χ1n) is 7.93. The van der Waals surface area contributed by atoms with Crippen LogP contribution in [0.1, 0.15) is 30.5 Å². The van der Waals surface area contributed by atoms with Crippen LogP contribution >= 0.6 is 0 Å². The van der Waals surface area contributed by atoms with Gasteiger partial charge in [-0.25, -0.2) is 9.59 Å². The van der Waals surface area contributed by atoms with Crippen molar-refractivity contribution >= 4 is 28.8 Å². The van der Waals surface area contributed by atoms with E-state index in [1.54, 1.807) is 19.9 Å². The number of amides is 4. The van der Waals surface area contributed by atoms with Gasteiger partial charge in [0.1, 0.15) is 5.58 Å². The summed E-state index contributed by atoms with van der Waals surface area (Å²) < 4.78 is 5.22. The predicted molar refractivity (Wildman–Crippen MR) is 89.9 cm³/mol. The number of hydrogen-bond acceptors (Lipinski definition) is 5. The van der Waals surface area contributed by atoms with E-state index in [1.165, 1.54) is 6.07 Å². The first-order chi connectivity index (χ1) is 11.7. The molecule has 0 aliphatic carbocycles. The van der Waals surface area contributed by atoms with Crippen LogP contribution in [-0.2, 0) is 16.1 Å². The molecule has 0 bridgehead atoms. The van der Waals surface area contributed by atoms with Crippen LogP contribution in [0.5, 0.6) is 0 Å². The van der Waals surface area contributed by atoms with Gasteiger partial charge in [-0.15, -0.1) is 0 Å². The Morgan fingerprint density at radius 3 is 2.20 bits per heavy atom. The lowest BCUT2D eigenvalue weighted by Crippen LogP contribution is -2.38. The van der Waals surface area contributed by atoms with Crippen molar-refractivity contribution in [2.24, 2.45) is 0 Å². The van der Waals surface area contributed by atoms with E-state index in [2.05, 4.69) is 0 Å². The molecule has 2 heterocycles. The molecule has 7 heteroatoms. The van der Waals surface area contributed by atoms with Crippen LogP contribution < -0.4 is 5.63 Å². The fraction of sp³-hybridized carbons (Fsp3) is 0.333. The third-order valence-electron chi connectivity index (χ3n) is 4.37. The van der Waals surface area contributed by atoms with E-state index in [-0.39, 0.29) is 6.54 Å². The zero-order chi connectivity index (χ0) is 18.5. The number of benzene rings is 1. The number of aryl methyl sites for hydroxylation is 2. The molecular formula is C18H18N2O5. The quantitative estimate of drug-likeness (QED) is 0.484. The van der Waals surface area contributed by atoms with Crippen LogP contribution in [0.25, 0.3) is 11.0 Å². The highest BCUT2D eigenvalue weighted by Crippen LogP contribution is 2.25. The summed E-state index contributed by atoms with van der Waals surface area (Å²) in [5.74, 6) is -1.73. The molecule has 0 atom stereocenters. The highest BCUT2D eigenvalue weighted by molar-refractivity contribution is 6.44. The fourth-order valence-electron chi connectivity index (χ4n) is 2.90. The smallest absolute Gasteiger partial charge is 0.336 e. The van der Waals surface area contributed by atoms with E-state index in [4.69, 9.17) is 4.42 Å². The maximum Gasteiger partial charge on any atom is 0.336 e. The Kier molecular flexibility index (Phi) is 3.94. The summed E-state index contributed by atoms with van der Waals surface area (Å²) in [6.07, 6.45) is 0. The standard InChI is InChI=1S/C18H18N2O5/c1-9(2)20-17(23)16(22)19(18(20)24)8-12-7-15(21)25-14-6-11(4)10(3)5-13(12)14/h5-7,9H,8H2,1-4H3. The van der Waals surface area contributed by atoms with Gasteiger partial charge < -0.3 is 4.42 Å². The van der Waals surface area contributed by atoms with E-state index in [1.807, 2.05) is 19.9 Å². The lowest BCUT2D eigenvalue weighted by molar-refractivity contribution is -0.144. The van der Waals surface area contributed by atoms with Crippen molar-refractivity contribution in [3.05, 3.63) is 45.3 Å².